The lowest BCUT2D eigenvalue weighted by Gasteiger charge is -2.07. The first kappa shape index (κ1) is 11.9. The van der Waals surface area contributed by atoms with Crippen molar-refractivity contribution in [2.75, 3.05) is 5.75 Å². The van der Waals surface area contributed by atoms with Crippen LogP contribution in [0, 0.1) is 0 Å². The summed E-state index contributed by atoms with van der Waals surface area (Å²) in [5.74, 6) is -0.162. The summed E-state index contributed by atoms with van der Waals surface area (Å²) in [6.45, 7) is 5.21. The van der Waals surface area contributed by atoms with Crippen LogP contribution in [0.15, 0.2) is 11.1 Å². The van der Waals surface area contributed by atoms with Crippen molar-refractivity contribution >= 4 is 9.84 Å². The number of hydrogen-bond donors (Lipinski definition) is 1. The van der Waals surface area contributed by atoms with Crippen molar-refractivity contribution in [2.24, 2.45) is 0 Å². The molecule has 0 aliphatic carbocycles. The summed E-state index contributed by atoms with van der Waals surface area (Å²) in [6.07, 6.45) is 0. The van der Waals surface area contributed by atoms with E-state index in [-0.39, 0.29) is 22.4 Å². The van der Waals surface area contributed by atoms with Gasteiger partial charge in [0, 0.05) is 12.0 Å². The molecule has 1 aromatic rings. The van der Waals surface area contributed by atoms with E-state index in [0.29, 0.717) is 5.69 Å². The maximum absolute atomic E-state index is 11.4. The van der Waals surface area contributed by atoms with Crippen LogP contribution >= 0.6 is 0 Å². The average Bonchev–Trinajstić information content (AvgIpc) is 2.17. The molecule has 6 heteroatoms. The Balaban J connectivity index is 3.24. The summed E-state index contributed by atoms with van der Waals surface area (Å²) in [5, 5.41) is 16.7. The van der Waals surface area contributed by atoms with Crippen molar-refractivity contribution in [1.29, 1.82) is 0 Å². The molecule has 0 saturated heterocycles. The van der Waals surface area contributed by atoms with E-state index in [1.54, 1.807) is 0 Å². The van der Waals surface area contributed by atoms with Gasteiger partial charge in [-0.15, -0.1) is 5.10 Å². The maximum atomic E-state index is 11.4. The highest BCUT2D eigenvalue weighted by atomic mass is 32.2. The first-order chi connectivity index (χ1) is 6.88. The second-order valence-electron chi connectivity index (χ2n) is 3.51. The molecule has 1 heterocycles. The standard InChI is InChI=1S/C9H14N2O3S/c1-4-15(13,14)8-5-7(12)9(6(2)3)11-10-8/h5-6H,4H2,1-3H3,(H,10,12). The van der Waals surface area contributed by atoms with Gasteiger partial charge in [0.1, 0.15) is 11.4 Å². The summed E-state index contributed by atoms with van der Waals surface area (Å²) in [4.78, 5) is 0. The fraction of sp³-hybridized carbons (Fsp3) is 0.556. The lowest BCUT2D eigenvalue weighted by atomic mass is 10.1. The molecule has 84 valence electrons. The van der Waals surface area contributed by atoms with E-state index < -0.39 is 9.84 Å². The number of aromatic hydroxyl groups is 1. The van der Waals surface area contributed by atoms with Crippen LogP contribution in [0.4, 0.5) is 0 Å². The molecule has 0 unspecified atom stereocenters. The highest BCUT2D eigenvalue weighted by Gasteiger charge is 2.17. The van der Waals surface area contributed by atoms with Crippen molar-refractivity contribution in [3.8, 4) is 5.75 Å². The van der Waals surface area contributed by atoms with Crippen LogP contribution < -0.4 is 0 Å². The normalized spacial score (nSPS) is 12.0. The second kappa shape index (κ2) is 4.14. The molecule has 0 amide bonds. The van der Waals surface area contributed by atoms with E-state index in [1.165, 1.54) is 6.92 Å². The van der Waals surface area contributed by atoms with Crippen LogP contribution in [0.25, 0.3) is 0 Å². The third kappa shape index (κ3) is 2.44. The van der Waals surface area contributed by atoms with E-state index in [4.69, 9.17) is 0 Å². The van der Waals surface area contributed by atoms with E-state index in [0.717, 1.165) is 6.07 Å². The molecule has 0 atom stereocenters. The van der Waals surface area contributed by atoms with Crippen LogP contribution in [-0.4, -0.2) is 29.5 Å². The predicted molar refractivity (Wildman–Crippen MR) is 55.5 cm³/mol. The molecule has 0 saturated carbocycles. The maximum Gasteiger partial charge on any atom is 0.197 e. The summed E-state index contributed by atoms with van der Waals surface area (Å²) < 4.78 is 22.8. The van der Waals surface area contributed by atoms with Gasteiger partial charge in [-0.05, 0) is 0 Å². The number of nitrogens with zero attached hydrogens (tertiary/aromatic N) is 2. The molecule has 1 aromatic heterocycles. The van der Waals surface area contributed by atoms with Gasteiger partial charge < -0.3 is 5.11 Å². The van der Waals surface area contributed by atoms with E-state index >= 15 is 0 Å². The molecule has 1 rings (SSSR count). The fourth-order valence-corrected chi connectivity index (χ4v) is 1.84. The molecule has 0 fully saturated rings. The van der Waals surface area contributed by atoms with Crippen molar-refractivity contribution in [3.05, 3.63) is 11.8 Å². The van der Waals surface area contributed by atoms with Gasteiger partial charge in [-0.3, -0.25) is 0 Å². The number of rotatable bonds is 3. The zero-order chi connectivity index (χ0) is 11.6. The number of sulfone groups is 1. The van der Waals surface area contributed by atoms with Gasteiger partial charge in [0.2, 0.25) is 0 Å². The molecule has 0 radical (unpaired) electrons. The quantitative estimate of drug-likeness (QED) is 0.841. The molecule has 0 bridgehead atoms. The molecule has 0 aliphatic rings. The summed E-state index contributed by atoms with van der Waals surface area (Å²) in [5.41, 5.74) is 0.407. The van der Waals surface area contributed by atoms with E-state index in [9.17, 15) is 13.5 Å². The van der Waals surface area contributed by atoms with Gasteiger partial charge in [0.05, 0.1) is 5.75 Å². The van der Waals surface area contributed by atoms with Crippen molar-refractivity contribution < 1.29 is 13.5 Å². The van der Waals surface area contributed by atoms with Gasteiger partial charge in [0.25, 0.3) is 0 Å². The molecular weight excluding hydrogens is 216 g/mol. The van der Waals surface area contributed by atoms with Gasteiger partial charge >= 0.3 is 0 Å². The Kier molecular flexibility index (Phi) is 3.28. The van der Waals surface area contributed by atoms with Crippen LogP contribution in [0.5, 0.6) is 5.75 Å². The monoisotopic (exact) mass is 230 g/mol. The highest BCUT2D eigenvalue weighted by molar-refractivity contribution is 7.91. The van der Waals surface area contributed by atoms with Crippen LogP contribution in [0.2, 0.25) is 0 Å². The van der Waals surface area contributed by atoms with Crippen LogP contribution in [0.1, 0.15) is 32.4 Å². The lowest BCUT2D eigenvalue weighted by Crippen LogP contribution is -2.08. The Morgan fingerprint density at radius 1 is 1.40 bits per heavy atom. The molecule has 1 N–H and O–H groups in total. The van der Waals surface area contributed by atoms with Crippen LogP contribution in [-0.2, 0) is 9.84 Å². The Morgan fingerprint density at radius 2 is 2.00 bits per heavy atom. The third-order valence-electron chi connectivity index (χ3n) is 2.02. The Bertz CT molecular complexity index is 454. The van der Waals surface area contributed by atoms with Gasteiger partial charge in [0.15, 0.2) is 14.9 Å². The molecule has 15 heavy (non-hydrogen) atoms. The largest absolute Gasteiger partial charge is 0.506 e. The summed E-state index contributed by atoms with van der Waals surface area (Å²) >= 11 is 0. The van der Waals surface area contributed by atoms with Gasteiger partial charge in [-0.1, -0.05) is 20.8 Å². The molecule has 0 aliphatic heterocycles. The second-order valence-corrected chi connectivity index (χ2v) is 5.74. The first-order valence-electron chi connectivity index (χ1n) is 4.67. The topological polar surface area (TPSA) is 80.2 Å². The zero-order valence-electron chi connectivity index (χ0n) is 8.93. The summed E-state index contributed by atoms with van der Waals surface area (Å²) in [7, 11) is -3.40. The number of aromatic nitrogens is 2. The van der Waals surface area contributed by atoms with E-state index in [2.05, 4.69) is 10.2 Å². The first-order valence-corrected chi connectivity index (χ1v) is 6.33. The number of hydrogen-bond acceptors (Lipinski definition) is 5. The molecule has 0 aromatic carbocycles. The third-order valence-corrected chi connectivity index (χ3v) is 3.62. The van der Waals surface area contributed by atoms with E-state index in [1.807, 2.05) is 13.8 Å². The smallest absolute Gasteiger partial charge is 0.197 e. The summed E-state index contributed by atoms with van der Waals surface area (Å²) in [6, 6.07) is 1.15. The lowest BCUT2D eigenvalue weighted by molar-refractivity contribution is 0.451. The van der Waals surface area contributed by atoms with Crippen molar-refractivity contribution in [3.63, 3.8) is 0 Å². The highest BCUT2D eigenvalue weighted by Crippen LogP contribution is 2.24. The Morgan fingerprint density at radius 3 is 2.40 bits per heavy atom. The van der Waals surface area contributed by atoms with Crippen molar-refractivity contribution in [1.82, 2.24) is 10.2 Å². The molecular formula is C9H14N2O3S. The van der Waals surface area contributed by atoms with Crippen LogP contribution in [0.3, 0.4) is 0 Å². The fourth-order valence-electron chi connectivity index (χ4n) is 1.09. The predicted octanol–water partition coefficient (Wildman–Crippen LogP) is 1.10. The minimum atomic E-state index is -3.40. The SMILES string of the molecule is CCS(=O)(=O)c1cc(O)c(C(C)C)nn1. The van der Waals surface area contributed by atoms with Gasteiger partial charge in [-0.25, -0.2) is 8.42 Å². The minimum Gasteiger partial charge on any atom is -0.506 e. The van der Waals surface area contributed by atoms with Gasteiger partial charge in [-0.2, -0.15) is 5.10 Å². The molecule has 0 spiro atoms. The minimum absolute atomic E-state index is 0.0101. The molecule has 5 nitrogen and oxygen atoms in total. The zero-order valence-corrected chi connectivity index (χ0v) is 9.74. The Hall–Kier alpha value is -1.17. The Labute approximate surface area is 89.1 Å². The average molecular weight is 230 g/mol. The van der Waals surface area contributed by atoms with Crippen molar-refractivity contribution in [2.45, 2.75) is 31.7 Å².